The lowest BCUT2D eigenvalue weighted by Crippen LogP contribution is -2.28. The van der Waals surface area contributed by atoms with Crippen LogP contribution in [0.25, 0.3) is 44.5 Å². The Balaban J connectivity index is 1.08. The Morgan fingerprint density at radius 2 is 0.614 bits per heavy atom. The first kappa shape index (κ1) is 31.0. The van der Waals surface area contributed by atoms with Gasteiger partial charge in [0.15, 0.2) is 0 Å². The Hall–Kier alpha value is -7.22. The van der Waals surface area contributed by atoms with Gasteiger partial charge in [-0.3, -0.25) is 0 Å². The highest BCUT2D eigenvalue weighted by molar-refractivity contribution is 6.06. The van der Waals surface area contributed by atoms with Crippen molar-refractivity contribution < 1.29 is 0 Å². The third kappa shape index (κ3) is 3.75. The molecule has 0 bridgehead atoms. The minimum atomic E-state index is -0.487. The number of nitrogens with zero attached hydrogens (tertiary/aromatic N) is 1. The van der Waals surface area contributed by atoms with Gasteiger partial charge in [0.25, 0.3) is 0 Å². The van der Waals surface area contributed by atoms with E-state index in [2.05, 4.69) is 217 Å². The van der Waals surface area contributed by atoms with Crippen molar-refractivity contribution in [1.29, 1.82) is 0 Å². The predicted molar refractivity (Wildman–Crippen MR) is 234 cm³/mol. The average Bonchev–Trinajstić information content (AvgIpc) is 3.97. The van der Waals surface area contributed by atoms with E-state index in [9.17, 15) is 0 Å². The van der Waals surface area contributed by atoms with E-state index in [-0.39, 0.29) is 5.41 Å². The van der Waals surface area contributed by atoms with Gasteiger partial charge in [-0.1, -0.05) is 176 Å². The zero-order valence-corrected chi connectivity index (χ0v) is 31.2. The van der Waals surface area contributed by atoms with E-state index in [4.69, 9.17) is 0 Å². The number of para-hydroxylation sites is 1. The first-order valence-electron chi connectivity index (χ1n) is 20.0. The summed E-state index contributed by atoms with van der Waals surface area (Å²) in [5.74, 6) is 0. The SMILES string of the molecule is c1ccc(N(c2ccc3c(c2)C(c2ccccc2)(c2ccccc2)c2ccccc2-3)c2ccc3c(c2)C24c5ccccc5-c5cccc(c52)-c2cccc-3c24)cc1. The van der Waals surface area contributed by atoms with Gasteiger partial charge in [-0.25, -0.2) is 0 Å². The summed E-state index contributed by atoms with van der Waals surface area (Å²) < 4.78 is 0. The maximum atomic E-state index is 2.52. The Morgan fingerprint density at radius 1 is 0.246 bits per heavy atom. The van der Waals surface area contributed by atoms with Crippen LogP contribution < -0.4 is 4.90 Å². The van der Waals surface area contributed by atoms with Crippen LogP contribution in [0.1, 0.15) is 44.5 Å². The number of fused-ring (bicyclic) bond motifs is 8. The molecule has 0 aliphatic heterocycles. The van der Waals surface area contributed by atoms with Crippen molar-refractivity contribution in [3.05, 3.63) is 257 Å². The van der Waals surface area contributed by atoms with Crippen molar-refractivity contribution in [3.8, 4) is 44.5 Å². The molecule has 0 N–H and O–H groups in total. The molecule has 0 heterocycles. The first-order chi connectivity index (χ1) is 28.3. The maximum Gasteiger partial charge on any atom is 0.0738 e. The van der Waals surface area contributed by atoms with Crippen molar-refractivity contribution in [2.75, 3.05) is 4.90 Å². The zero-order valence-electron chi connectivity index (χ0n) is 31.2. The number of hydrogen-bond acceptors (Lipinski definition) is 1. The Labute approximate surface area is 332 Å². The summed E-state index contributed by atoms with van der Waals surface area (Å²) in [5, 5.41) is 0. The quantitative estimate of drug-likeness (QED) is 0.171. The summed E-state index contributed by atoms with van der Waals surface area (Å²) >= 11 is 0. The van der Waals surface area contributed by atoms with Gasteiger partial charge in [-0.15, -0.1) is 0 Å². The molecular weight excluding hydrogens is 687 g/mol. The smallest absolute Gasteiger partial charge is 0.0738 e. The molecule has 1 unspecified atom stereocenters. The normalized spacial score (nSPS) is 16.3. The summed E-state index contributed by atoms with van der Waals surface area (Å²) in [5.41, 5.74) is 24.1. The topological polar surface area (TPSA) is 3.24 Å². The van der Waals surface area contributed by atoms with Crippen LogP contribution in [0.15, 0.2) is 212 Å². The van der Waals surface area contributed by atoms with Crippen molar-refractivity contribution in [3.63, 3.8) is 0 Å². The largest absolute Gasteiger partial charge is 0.310 e. The maximum absolute atomic E-state index is 2.52. The predicted octanol–water partition coefficient (Wildman–Crippen LogP) is 13.8. The molecule has 1 atom stereocenters. The molecule has 1 nitrogen and oxygen atoms in total. The molecule has 0 aromatic heterocycles. The zero-order chi connectivity index (χ0) is 37.3. The molecule has 0 fully saturated rings. The molecule has 1 spiro atoms. The standard InChI is InChI=1S/C56H35N/c1-4-16-36(17-5-1)55(37-18-6-2-7-19-37)49-28-12-10-22-41(49)43-32-30-39(34-51(43)55)57(38-20-8-3-9-21-38)40-31-33-44-46-25-15-27-48-47-26-14-24-45-42-23-11-13-29-50(42)56(53(45)47,54(46)48)52(44)35-40/h1-35H. The van der Waals surface area contributed by atoms with Gasteiger partial charge in [-0.05, 0) is 125 Å². The first-order valence-corrected chi connectivity index (χ1v) is 20.0. The minimum absolute atomic E-state index is 0.350. The third-order valence-electron chi connectivity index (χ3n) is 13.5. The fourth-order valence-corrected chi connectivity index (χ4v) is 11.5. The van der Waals surface area contributed by atoms with E-state index in [1.807, 2.05) is 0 Å². The van der Waals surface area contributed by atoms with Gasteiger partial charge in [0, 0.05) is 17.1 Å². The second-order valence-electron chi connectivity index (χ2n) is 15.9. The molecule has 13 rings (SSSR count). The number of rotatable bonds is 5. The van der Waals surface area contributed by atoms with Crippen LogP contribution in [0.5, 0.6) is 0 Å². The molecule has 264 valence electrons. The summed E-state index contributed by atoms with van der Waals surface area (Å²) in [6.45, 7) is 0. The fourth-order valence-electron chi connectivity index (χ4n) is 11.5. The molecule has 0 amide bonds. The van der Waals surface area contributed by atoms with E-state index in [1.54, 1.807) is 0 Å². The minimum Gasteiger partial charge on any atom is -0.310 e. The van der Waals surface area contributed by atoms with Crippen LogP contribution in [0.4, 0.5) is 17.1 Å². The van der Waals surface area contributed by atoms with Gasteiger partial charge in [-0.2, -0.15) is 0 Å². The molecule has 4 aliphatic carbocycles. The number of benzene rings is 9. The van der Waals surface area contributed by atoms with Crippen LogP contribution >= 0.6 is 0 Å². The van der Waals surface area contributed by atoms with Gasteiger partial charge >= 0.3 is 0 Å². The highest BCUT2D eigenvalue weighted by atomic mass is 15.1. The Kier molecular flexibility index (Phi) is 6.09. The van der Waals surface area contributed by atoms with Crippen LogP contribution in [0.2, 0.25) is 0 Å². The van der Waals surface area contributed by atoms with E-state index in [0.29, 0.717) is 0 Å². The van der Waals surface area contributed by atoms with Crippen LogP contribution in [0, 0.1) is 0 Å². The lowest BCUT2D eigenvalue weighted by atomic mass is 9.67. The van der Waals surface area contributed by atoms with Gasteiger partial charge < -0.3 is 4.90 Å². The third-order valence-corrected chi connectivity index (χ3v) is 13.5. The van der Waals surface area contributed by atoms with Crippen LogP contribution in [0.3, 0.4) is 0 Å². The number of anilines is 3. The van der Waals surface area contributed by atoms with E-state index >= 15 is 0 Å². The van der Waals surface area contributed by atoms with Gasteiger partial charge in [0.05, 0.1) is 10.8 Å². The molecule has 1 heteroatoms. The van der Waals surface area contributed by atoms with Gasteiger partial charge in [0.1, 0.15) is 0 Å². The average molecular weight is 722 g/mol. The second-order valence-corrected chi connectivity index (χ2v) is 15.9. The lowest BCUT2D eigenvalue weighted by Gasteiger charge is -2.35. The van der Waals surface area contributed by atoms with Crippen LogP contribution in [-0.2, 0) is 10.8 Å². The summed E-state index contributed by atoms with van der Waals surface area (Å²) in [6.07, 6.45) is 0. The van der Waals surface area contributed by atoms with Crippen molar-refractivity contribution in [1.82, 2.24) is 0 Å². The van der Waals surface area contributed by atoms with Crippen molar-refractivity contribution in [2.24, 2.45) is 0 Å². The fraction of sp³-hybridized carbons (Fsp3) is 0.0357. The molecule has 9 aromatic carbocycles. The molecule has 0 radical (unpaired) electrons. The summed E-state index contributed by atoms with van der Waals surface area (Å²) in [6, 6.07) is 79.6. The molecule has 9 aromatic rings. The monoisotopic (exact) mass is 721 g/mol. The van der Waals surface area contributed by atoms with Gasteiger partial charge in [0.2, 0.25) is 0 Å². The van der Waals surface area contributed by atoms with E-state index < -0.39 is 5.41 Å². The lowest BCUT2D eigenvalue weighted by molar-refractivity contribution is 0.768. The molecule has 0 saturated heterocycles. The van der Waals surface area contributed by atoms with Crippen molar-refractivity contribution >= 4 is 17.1 Å². The van der Waals surface area contributed by atoms with E-state index in [0.717, 1.165) is 17.1 Å². The Bertz CT molecular complexity index is 2990. The van der Waals surface area contributed by atoms with E-state index in [1.165, 1.54) is 89.0 Å². The highest BCUT2D eigenvalue weighted by Gasteiger charge is 2.57. The number of hydrogen-bond donors (Lipinski definition) is 0. The molecule has 57 heavy (non-hydrogen) atoms. The van der Waals surface area contributed by atoms with Crippen LogP contribution in [-0.4, -0.2) is 0 Å². The Morgan fingerprint density at radius 3 is 1.16 bits per heavy atom. The second kappa shape index (κ2) is 11.2. The molecule has 0 saturated carbocycles. The molecular formula is C56H35N. The summed E-state index contributed by atoms with van der Waals surface area (Å²) in [4.78, 5) is 2.48. The summed E-state index contributed by atoms with van der Waals surface area (Å²) in [7, 11) is 0. The highest BCUT2D eigenvalue weighted by Crippen LogP contribution is 2.70. The molecule has 4 aliphatic rings. The van der Waals surface area contributed by atoms with Crippen molar-refractivity contribution in [2.45, 2.75) is 10.8 Å².